The van der Waals surface area contributed by atoms with Gasteiger partial charge in [-0.15, -0.1) is 0 Å². The first-order chi connectivity index (χ1) is 7.68. The molecule has 0 atom stereocenters. The average Bonchev–Trinajstić information content (AvgIpc) is 2.30. The summed E-state index contributed by atoms with van der Waals surface area (Å²) >= 11 is 0. The van der Waals surface area contributed by atoms with E-state index in [1.807, 2.05) is 0 Å². The molecular formula is C10H7N3O3. The van der Waals surface area contributed by atoms with E-state index in [9.17, 15) is 9.59 Å². The molecule has 0 fully saturated rings. The van der Waals surface area contributed by atoms with Gasteiger partial charge in [0, 0.05) is 30.2 Å². The fourth-order valence-electron chi connectivity index (χ4n) is 1.30. The molecule has 16 heavy (non-hydrogen) atoms. The van der Waals surface area contributed by atoms with Gasteiger partial charge in [0.25, 0.3) is 0 Å². The van der Waals surface area contributed by atoms with Crippen molar-refractivity contribution in [3.05, 3.63) is 46.8 Å². The fourth-order valence-corrected chi connectivity index (χ4v) is 1.30. The molecule has 0 aliphatic carbocycles. The Bertz CT molecular complexity index is 577. The van der Waals surface area contributed by atoms with Gasteiger partial charge < -0.3 is 10.1 Å². The minimum Gasteiger partial charge on any atom is -0.478 e. The lowest BCUT2D eigenvalue weighted by molar-refractivity contribution is 0.0697. The van der Waals surface area contributed by atoms with Crippen molar-refractivity contribution in [2.75, 3.05) is 0 Å². The summed E-state index contributed by atoms with van der Waals surface area (Å²) in [5, 5.41) is 8.95. The maximum Gasteiger partial charge on any atom is 0.336 e. The number of H-pyrrole nitrogens is 1. The Labute approximate surface area is 89.6 Å². The number of aromatic carboxylic acids is 1. The van der Waals surface area contributed by atoms with Crippen molar-refractivity contribution in [1.29, 1.82) is 0 Å². The molecule has 2 N–H and O–H groups in total. The van der Waals surface area contributed by atoms with Gasteiger partial charge in [-0.1, -0.05) is 0 Å². The van der Waals surface area contributed by atoms with E-state index in [0.717, 1.165) is 6.07 Å². The number of nitrogens with one attached hydrogen (secondary N) is 1. The highest BCUT2D eigenvalue weighted by Gasteiger charge is 2.13. The van der Waals surface area contributed by atoms with E-state index in [2.05, 4.69) is 15.0 Å². The molecule has 0 saturated heterocycles. The van der Waals surface area contributed by atoms with E-state index in [1.165, 1.54) is 24.8 Å². The molecule has 0 radical (unpaired) electrons. The maximum atomic E-state index is 11.0. The first kappa shape index (κ1) is 10.0. The van der Waals surface area contributed by atoms with Crippen LogP contribution in [0.25, 0.3) is 11.3 Å². The monoisotopic (exact) mass is 217 g/mol. The molecule has 0 amide bonds. The van der Waals surface area contributed by atoms with Crippen LogP contribution in [0.5, 0.6) is 0 Å². The molecule has 6 nitrogen and oxygen atoms in total. The molecule has 0 aromatic carbocycles. The molecule has 0 saturated carbocycles. The third kappa shape index (κ3) is 1.81. The Balaban J connectivity index is 2.66. The van der Waals surface area contributed by atoms with Crippen LogP contribution in [0.3, 0.4) is 0 Å². The highest BCUT2D eigenvalue weighted by atomic mass is 16.4. The summed E-state index contributed by atoms with van der Waals surface area (Å²) in [6, 6.07) is 1.02. The van der Waals surface area contributed by atoms with Crippen LogP contribution in [0.4, 0.5) is 0 Å². The van der Waals surface area contributed by atoms with Gasteiger partial charge in [-0.3, -0.25) is 14.8 Å². The number of carboxylic acid groups (broad SMARTS) is 1. The molecule has 2 rings (SSSR count). The number of pyridine rings is 1. The quantitative estimate of drug-likeness (QED) is 0.764. The summed E-state index contributed by atoms with van der Waals surface area (Å²) < 4.78 is 0. The predicted octanol–water partition coefficient (Wildman–Crippen LogP) is 0.530. The number of rotatable bonds is 2. The molecule has 0 spiro atoms. The number of carboxylic acids is 1. The van der Waals surface area contributed by atoms with Crippen molar-refractivity contribution in [3.63, 3.8) is 0 Å². The van der Waals surface area contributed by atoms with Crippen LogP contribution in [0.1, 0.15) is 10.4 Å². The predicted molar refractivity (Wildman–Crippen MR) is 55.0 cm³/mol. The second-order valence-electron chi connectivity index (χ2n) is 3.02. The number of hydrogen-bond acceptors (Lipinski definition) is 4. The van der Waals surface area contributed by atoms with E-state index in [-0.39, 0.29) is 5.56 Å². The maximum absolute atomic E-state index is 11.0. The van der Waals surface area contributed by atoms with Crippen LogP contribution in [0.15, 0.2) is 35.6 Å². The smallest absolute Gasteiger partial charge is 0.336 e. The molecular weight excluding hydrogens is 210 g/mol. The average molecular weight is 217 g/mol. The summed E-state index contributed by atoms with van der Waals surface area (Å²) in [5.74, 6) is -1.17. The van der Waals surface area contributed by atoms with Crippen molar-refractivity contribution >= 4 is 5.97 Å². The zero-order valence-corrected chi connectivity index (χ0v) is 8.04. The van der Waals surface area contributed by atoms with Crippen LogP contribution in [-0.4, -0.2) is 26.0 Å². The largest absolute Gasteiger partial charge is 0.478 e. The molecule has 6 heteroatoms. The lowest BCUT2D eigenvalue weighted by atomic mass is 10.1. The van der Waals surface area contributed by atoms with Crippen molar-refractivity contribution in [2.45, 2.75) is 0 Å². The van der Waals surface area contributed by atoms with Gasteiger partial charge in [-0.2, -0.15) is 0 Å². The second-order valence-corrected chi connectivity index (χ2v) is 3.02. The van der Waals surface area contributed by atoms with Crippen LogP contribution in [0.2, 0.25) is 0 Å². The highest BCUT2D eigenvalue weighted by molar-refractivity contribution is 5.94. The fraction of sp³-hybridized carbons (Fsp3) is 0. The SMILES string of the molecule is O=C(O)c1cc(=O)[nH]cc1-c1cnccn1. The van der Waals surface area contributed by atoms with E-state index >= 15 is 0 Å². The zero-order valence-electron chi connectivity index (χ0n) is 8.04. The first-order valence-corrected chi connectivity index (χ1v) is 4.41. The number of aromatic nitrogens is 3. The lowest BCUT2D eigenvalue weighted by Crippen LogP contribution is -2.10. The Kier molecular flexibility index (Phi) is 2.47. The first-order valence-electron chi connectivity index (χ1n) is 4.41. The molecule has 0 bridgehead atoms. The number of aromatic amines is 1. The molecule has 2 heterocycles. The zero-order chi connectivity index (χ0) is 11.5. The summed E-state index contributed by atoms with van der Waals surface area (Å²) in [5.41, 5.74) is 0.172. The van der Waals surface area contributed by atoms with E-state index in [1.54, 1.807) is 0 Å². The van der Waals surface area contributed by atoms with Crippen molar-refractivity contribution in [2.24, 2.45) is 0 Å². The summed E-state index contributed by atoms with van der Waals surface area (Å²) in [7, 11) is 0. The van der Waals surface area contributed by atoms with Gasteiger partial charge >= 0.3 is 5.97 Å². The van der Waals surface area contributed by atoms with Gasteiger partial charge in [0.1, 0.15) is 0 Å². The topological polar surface area (TPSA) is 95.9 Å². The number of hydrogen-bond donors (Lipinski definition) is 2. The van der Waals surface area contributed by atoms with Gasteiger partial charge in [0.05, 0.1) is 17.5 Å². The van der Waals surface area contributed by atoms with E-state index < -0.39 is 11.5 Å². The van der Waals surface area contributed by atoms with Crippen molar-refractivity contribution < 1.29 is 9.90 Å². The van der Waals surface area contributed by atoms with Crippen molar-refractivity contribution in [3.8, 4) is 11.3 Å². The van der Waals surface area contributed by atoms with Crippen LogP contribution < -0.4 is 5.56 Å². The highest BCUT2D eigenvalue weighted by Crippen LogP contribution is 2.17. The second kappa shape index (κ2) is 3.93. The Morgan fingerprint density at radius 3 is 2.81 bits per heavy atom. The van der Waals surface area contributed by atoms with Gasteiger partial charge in [0.15, 0.2) is 0 Å². The molecule has 80 valence electrons. The van der Waals surface area contributed by atoms with Gasteiger partial charge in [0.2, 0.25) is 5.56 Å². The third-order valence-electron chi connectivity index (χ3n) is 1.99. The van der Waals surface area contributed by atoms with Gasteiger partial charge in [-0.05, 0) is 0 Å². The standard InChI is InChI=1S/C10H7N3O3/c14-9-3-6(10(15)16)7(4-13-9)8-5-11-1-2-12-8/h1-5H,(H,13,14)(H,15,16). The normalized spacial score (nSPS) is 10.0. The summed E-state index contributed by atoms with van der Waals surface area (Å²) in [4.78, 5) is 32.2. The Morgan fingerprint density at radius 1 is 1.38 bits per heavy atom. The Hall–Kier alpha value is -2.50. The number of nitrogens with zero attached hydrogens (tertiary/aromatic N) is 2. The molecule has 2 aromatic heterocycles. The minimum absolute atomic E-state index is 0.0933. The molecule has 2 aromatic rings. The molecule has 0 unspecified atom stereocenters. The van der Waals surface area contributed by atoms with Crippen molar-refractivity contribution in [1.82, 2.24) is 15.0 Å². The molecule has 0 aliphatic heterocycles. The van der Waals surface area contributed by atoms with Crippen LogP contribution >= 0.6 is 0 Å². The lowest BCUT2D eigenvalue weighted by Gasteiger charge is -2.03. The van der Waals surface area contributed by atoms with E-state index in [4.69, 9.17) is 5.11 Å². The van der Waals surface area contributed by atoms with Crippen LogP contribution in [-0.2, 0) is 0 Å². The van der Waals surface area contributed by atoms with Crippen LogP contribution in [0, 0.1) is 0 Å². The number of carbonyl (C=O) groups is 1. The third-order valence-corrected chi connectivity index (χ3v) is 1.99. The minimum atomic E-state index is -1.17. The van der Waals surface area contributed by atoms with Gasteiger partial charge in [-0.25, -0.2) is 4.79 Å². The summed E-state index contributed by atoms with van der Waals surface area (Å²) in [6.45, 7) is 0. The molecule has 0 aliphatic rings. The van der Waals surface area contributed by atoms with E-state index in [0.29, 0.717) is 11.3 Å². The Morgan fingerprint density at radius 2 is 2.19 bits per heavy atom. The summed E-state index contributed by atoms with van der Waals surface area (Å²) in [6.07, 6.45) is 5.68.